The Morgan fingerprint density at radius 1 is 1.32 bits per heavy atom. The molecule has 0 radical (unpaired) electrons. The minimum atomic E-state index is -0.0608. The smallest absolute Gasteiger partial charge is 0.268 e. The first-order valence-corrected chi connectivity index (χ1v) is 6.67. The fourth-order valence-corrected chi connectivity index (χ4v) is 2.17. The van der Waals surface area contributed by atoms with E-state index in [2.05, 4.69) is 5.32 Å². The minimum Gasteiger partial charge on any atom is -0.347 e. The van der Waals surface area contributed by atoms with E-state index in [1.807, 2.05) is 61.1 Å². The molecule has 1 heterocycles. The summed E-state index contributed by atoms with van der Waals surface area (Å²) in [4.78, 5) is 12.2. The van der Waals surface area contributed by atoms with E-state index in [-0.39, 0.29) is 11.9 Å². The third-order valence-corrected chi connectivity index (χ3v) is 3.41. The van der Waals surface area contributed by atoms with E-state index < -0.39 is 0 Å². The number of amides is 1. The van der Waals surface area contributed by atoms with Gasteiger partial charge in [-0.05, 0) is 36.2 Å². The zero-order valence-electron chi connectivity index (χ0n) is 11.1. The molecule has 0 bridgehead atoms. The lowest BCUT2D eigenvalue weighted by molar-refractivity contribution is 0.0927. The van der Waals surface area contributed by atoms with Gasteiger partial charge >= 0.3 is 0 Å². The molecule has 19 heavy (non-hydrogen) atoms. The van der Waals surface area contributed by atoms with Gasteiger partial charge in [0, 0.05) is 18.3 Å². The highest BCUT2D eigenvalue weighted by atomic mass is 35.5. The van der Waals surface area contributed by atoms with Crippen molar-refractivity contribution in [1.29, 1.82) is 0 Å². The molecular formula is C15H17ClN2O. The summed E-state index contributed by atoms with van der Waals surface area (Å²) in [5.74, 6) is -0.0608. The third-order valence-electron chi connectivity index (χ3n) is 3.16. The summed E-state index contributed by atoms with van der Waals surface area (Å²) in [6.07, 6.45) is 2.69. The molecule has 4 heteroatoms. The number of hydrogen-bond acceptors (Lipinski definition) is 1. The van der Waals surface area contributed by atoms with Gasteiger partial charge in [0.2, 0.25) is 0 Å². The quantitative estimate of drug-likeness (QED) is 0.910. The van der Waals surface area contributed by atoms with Crippen molar-refractivity contribution >= 4 is 17.5 Å². The number of hydrogen-bond donors (Lipinski definition) is 1. The van der Waals surface area contributed by atoms with Crippen molar-refractivity contribution in [1.82, 2.24) is 9.88 Å². The van der Waals surface area contributed by atoms with Crippen LogP contribution in [0.3, 0.4) is 0 Å². The number of aromatic nitrogens is 1. The number of nitrogens with one attached hydrogen (secondary N) is 1. The van der Waals surface area contributed by atoms with Crippen LogP contribution in [0.4, 0.5) is 0 Å². The van der Waals surface area contributed by atoms with Gasteiger partial charge in [0.25, 0.3) is 5.91 Å². The number of halogens is 1. The predicted octanol–water partition coefficient (Wildman–Crippen LogP) is 3.56. The van der Waals surface area contributed by atoms with Gasteiger partial charge in [0.1, 0.15) is 5.69 Å². The Morgan fingerprint density at radius 2 is 2.00 bits per heavy atom. The molecule has 100 valence electrons. The molecule has 1 aromatic heterocycles. The van der Waals surface area contributed by atoms with Gasteiger partial charge in [0.05, 0.1) is 6.04 Å². The zero-order valence-corrected chi connectivity index (χ0v) is 11.8. The van der Waals surface area contributed by atoms with Gasteiger partial charge in [-0.15, -0.1) is 0 Å². The largest absolute Gasteiger partial charge is 0.347 e. The minimum absolute atomic E-state index is 0.000309. The lowest BCUT2D eigenvalue weighted by Crippen LogP contribution is -2.29. The van der Waals surface area contributed by atoms with Gasteiger partial charge in [-0.3, -0.25) is 4.79 Å². The Hall–Kier alpha value is -1.74. The highest BCUT2D eigenvalue weighted by molar-refractivity contribution is 6.30. The van der Waals surface area contributed by atoms with E-state index in [0.29, 0.717) is 10.7 Å². The van der Waals surface area contributed by atoms with Gasteiger partial charge in [-0.2, -0.15) is 0 Å². The average molecular weight is 277 g/mol. The molecule has 1 amide bonds. The maximum Gasteiger partial charge on any atom is 0.268 e. The van der Waals surface area contributed by atoms with Crippen LogP contribution in [0.25, 0.3) is 0 Å². The van der Waals surface area contributed by atoms with E-state index in [9.17, 15) is 4.79 Å². The second-order valence-corrected chi connectivity index (χ2v) is 4.93. The van der Waals surface area contributed by atoms with E-state index >= 15 is 0 Å². The van der Waals surface area contributed by atoms with Crippen molar-refractivity contribution in [2.24, 2.45) is 7.05 Å². The van der Waals surface area contributed by atoms with Crippen LogP contribution in [0, 0.1) is 0 Å². The summed E-state index contributed by atoms with van der Waals surface area (Å²) < 4.78 is 1.81. The first-order chi connectivity index (χ1) is 9.11. The predicted molar refractivity (Wildman–Crippen MR) is 77.4 cm³/mol. The number of aryl methyl sites for hydroxylation is 1. The molecule has 0 spiro atoms. The average Bonchev–Trinajstić information content (AvgIpc) is 2.83. The van der Waals surface area contributed by atoms with E-state index in [0.717, 1.165) is 12.0 Å². The molecule has 0 aliphatic carbocycles. The zero-order chi connectivity index (χ0) is 13.8. The van der Waals surface area contributed by atoms with Gasteiger partial charge in [0.15, 0.2) is 0 Å². The van der Waals surface area contributed by atoms with Crippen LogP contribution in [-0.2, 0) is 7.05 Å². The van der Waals surface area contributed by atoms with Crippen molar-refractivity contribution in [3.8, 4) is 0 Å². The topological polar surface area (TPSA) is 34.0 Å². The fraction of sp³-hybridized carbons (Fsp3) is 0.267. The molecule has 1 unspecified atom stereocenters. The monoisotopic (exact) mass is 276 g/mol. The van der Waals surface area contributed by atoms with Gasteiger partial charge in [-0.25, -0.2) is 0 Å². The lowest BCUT2D eigenvalue weighted by atomic mass is 10.0. The molecule has 0 saturated carbocycles. The summed E-state index contributed by atoms with van der Waals surface area (Å²) in [7, 11) is 1.86. The van der Waals surface area contributed by atoms with E-state index in [4.69, 9.17) is 11.6 Å². The number of carbonyl (C=O) groups is 1. The van der Waals surface area contributed by atoms with Crippen LogP contribution in [0.15, 0.2) is 42.6 Å². The van der Waals surface area contributed by atoms with Crippen LogP contribution in [0.1, 0.15) is 35.4 Å². The molecule has 0 aliphatic heterocycles. The third kappa shape index (κ3) is 3.18. The van der Waals surface area contributed by atoms with Crippen LogP contribution in [0.2, 0.25) is 5.02 Å². The SMILES string of the molecule is CCC(NC(=O)c1cccn1C)c1ccc(Cl)cc1. The van der Waals surface area contributed by atoms with Crippen LogP contribution >= 0.6 is 11.6 Å². The van der Waals surface area contributed by atoms with Gasteiger partial charge in [-0.1, -0.05) is 30.7 Å². The number of rotatable bonds is 4. The van der Waals surface area contributed by atoms with Crippen molar-refractivity contribution < 1.29 is 4.79 Å². The normalized spacial score (nSPS) is 12.2. The molecule has 2 aromatic rings. The first kappa shape index (κ1) is 13.7. The number of nitrogens with zero attached hydrogens (tertiary/aromatic N) is 1. The standard InChI is InChI=1S/C15H17ClN2O/c1-3-13(11-6-8-12(16)9-7-11)17-15(19)14-5-4-10-18(14)2/h4-10,13H,3H2,1-2H3,(H,17,19). The Morgan fingerprint density at radius 3 is 2.53 bits per heavy atom. The lowest BCUT2D eigenvalue weighted by Gasteiger charge is -2.17. The maximum atomic E-state index is 12.2. The van der Waals surface area contributed by atoms with Crippen molar-refractivity contribution in [2.45, 2.75) is 19.4 Å². The second kappa shape index (κ2) is 5.93. The highest BCUT2D eigenvalue weighted by Crippen LogP contribution is 2.19. The second-order valence-electron chi connectivity index (χ2n) is 4.49. The summed E-state index contributed by atoms with van der Waals surface area (Å²) in [5.41, 5.74) is 1.72. The molecule has 1 N–H and O–H groups in total. The molecule has 0 fully saturated rings. The maximum absolute atomic E-state index is 12.2. The summed E-state index contributed by atoms with van der Waals surface area (Å²) >= 11 is 5.88. The molecule has 3 nitrogen and oxygen atoms in total. The summed E-state index contributed by atoms with van der Waals surface area (Å²) in [6.45, 7) is 2.05. The number of carbonyl (C=O) groups excluding carboxylic acids is 1. The van der Waals surface area contributed by atoms with Crippen molar-refractivity contribution in [2.75, 3.05) is 0 Å². The van der Waals surface area contributed by atoms with E-state index in [1.165, 1.54) is 0 Å². The van der Waals surface area contributed by atoms with Crippen LogP contribution < -0.4 is 5.32 Å². The summed E-state index contributed by atoms with van der Waals surface area (Å²) in [5, 5.41) is 3.74. The summed E-state index contributed by atoms with van der Waals surface area (Å²) in [6, 6.07) is 11.2. The van der Waals surface area contributed by atoms with Gasteiger partial charge < -0.3 is 9.88 Å². The number of benzene rings is 1. The Balaban J connectivity index is 2.13. The Bertz CT molecular complexity index is 560. The Kier molecular flexibility index (Phi) is 4.27. The van der Waals surface area contributed by atoms with Crippen LogP contribution in [-0.4, -0.2) is 10.5 Å². The van der Waals surface area contributed by atoms with Crippen molar-refractivity contribution in [3.63, 3.8) is 0 Å². The molecule has 2 rings (SSSR count). The molecular weight excluding hydrogens is 260 g/mol. The molecule has 1 atom stereocenters. The highest BCUT2D eigenvalue weighted by Gasteiger charge is 2.15. The molecule has 0 saturated heterocycles. The Labute approximate surface area is 118 Å². The van der Waals surface area contributed by atoms with E-state index in [1.54, 1.807) is 0 Å². The molecule has 1 aromatic carbocycles. The fourth-order valence-electron chi connectivity index (χ4n) is 2.05. The molecule has 0 aliphatic rings. The van der Waals surface area contributed by atoms with Crippen LogP contribution in [0.5, 0.6) is 0 Å². The van der Waals surface area contributed by atoms with Crippen molar-refractivity contribution in [3.05, 3.63) is 58.9 Å². The first-order valence-electron chi connectivity index (χ1n) is 6.29.